The Kier molecular flexibility index (Phi) is 5.21. The van der Waals surface area contributed by atoms with Crippen molar-refractivity contribution in [2.45, 2.75) is 18.9 Å². The van der Waals surface area contributed by atoms with Crippen LogP contribution in [0.5, 0.6) is 0 Å². The van der Waals surface area contributed by atoms with Gasteiger partial charge in [-0.1, -0.05) is 0 Å². The van der Waals surface area contributed by atoms with Crippen molar-refractivity contribution in [3.63, 3.8) is 0 Å². The summed E-state index contributed by atoms with van der Waals surface area (Å²) in [5.74, 6) is -0.00297. The van der Waals surface area contributed by atoms with Crippen LogP contribution in [0.25, 0.3) is 0 Å². The Balaban J connectivity index is 2.26. The molecular weight excluding hydrogens is 220 g/mol. The zero-order valence-corrected chi connectivity index (χ0v) is 10.8. The maximum atomic E-state index is 11.7. The number of carbonyl (C=O) groups excluding carboxylic acids is 2. The van der Waals surface area contributed by atoms with Crippen LogP contribution in [0.15, 0.2) is 0 Å². The highest BCUT2D eigenvalue weighted by Gasteiger charge is 2.23. The molecule has 0 aliphatic carbocycles. The van der Waals surface area contributed by atoms with Crippen LogP contribution in [0.3, 0.4) is 0 Å². The fourth-order valence-electron chi connectivity index (χ4n) is 1.88. The van der Waals surface area contributed by atoms with Crippen LogP contribution in [0.2, 0.25) is 0 Å². The summed E-state index contributed by atoms with van der Waals surface area (Å²) in [5.41, 5.74) is 0. The summed E-state index contributed by atoms with van der Waals surface area (Å²) in [6, 6.07) is 0.397. The molecule has 1 fully saturated rings. The van der Waals surface area contributed by atoms with Gasteiger partial charge >= 0.3 is 6.03 Å². The monoisotopic (exact) mass is 242 g/mol. The Morgan fingerprint density at radius 1 is 1.29 bits per heavy atom. The fourth-order valence-corrected chi connectivity index (χ4v) is 1.88. The predicted molar refractivity (Wildman–Crippen MR) is 65.7 cm³/mol. The minimum absolute atomic E-state index is 0.00297. The molecule has 1 rings (SSSR count). The number of rotatable bonds is 3. The van der Waals surface area contributed by atoms with Gasteiger partial charge in [0.2, 0.25) is 5.91 Å². The summed E-state index contributed by atoms with van der Waals surface area (Å²) in [5, 5.41) is 5.77. The quantitative estimate of drug-likeness (QED) is 0.699. The fraction of sp³-hybridized carbons (Fsp3) is 0.818. The van der Waals surface area contributed by atoms with E-state index < -0.39 is 0 Å². The van der Waals surface area contributed by atoms with Gasteiger partial charge in [0, 0.05) is 40.3 Å². The van der Waals surface area contributed by atoms with Crippen LogP contribution in [-0.2, 0) is 4.79 Å². The van der Waals surface area contributed by atoms with Gasteiger partial charge in [0.15, 0.2) is 0 Å². The molecular formula is C11H22N4O2. The van der Waals surface area contributed by atoms with E-state index >= 15 is 0 Å². The average Bonchev–Trinajstić information content (AvgIpc) is 2.35. The van der Waals surface area contributed by atoms with E-state index in [4.69, 9.17) is 0 Å². The molecule has 3 amide bonds. The molecule has 0 bridgehead atoms. The van der Waals surface area contributed by atoms with Crippen LogP contribution in [0.4, 0.5) is 4.79 Å². The van der Waals surface area contributed by atoms with Gasteiger partial charge in [0.05, 0.1) is 6.54 Å². The van der Waals surface area contributed by atoms with E-state index in [9.17, 15) is 9.59 Å². The van der Waals surface area contributed by atoms with Gasteiger partial charge in [-0.3, -0.25) is 4.79 Å². The van der Waals surface area contributed by atoms with Crippen molar-refractivity contribution in [2.75, 3.05) is 40.8 Å². The zero-order valence-electron chi connectivity index (χ0n) is 10.8. The minimum atomic E-state index is -0.00297. The van der Waals surface area contributed by atoms with E-state index in [1.807, 2.05) is 4.90 Å². The summed E-state index contributed by atoms with van der Waals surface area (Å²) in [7, 11) is 5.15. The zero-order chi connectivity index (χ0) is 12.8. The Hall–Kier alpha value is -1.30. The molecule has 0 aromatic carbocycles. The molecule has 1 aliphatic rings. The highest BCUT2D eigenvalue weighted by Crippen LogP contribution is 2.11. The Labute approximate surface area is 102 Å². The predicted octanol–water partition coefficient (Wildman–Crippen LogP) is -0.532. The summed E-state index contributed by atoms with van der Waals surface area (Å²) < 4.78 is 0. The minimum Gasteiger partial charge on any atom is -0.358 e. The largest absolute Gasteiger partial charge is 0.358 e. The van der Waals surface area contributed by atoms with Gasteiger partial charge < -0.3 is 20.4 Å². The van der Waals surface area contributed by atoms with Gasteiger partial charge in [-0.25, -0.2) is 4.79 Å². The van der Waals surface area contributed by atoms with Crippen molar-refractivity contribution in [1.29, 1.82) is 0 Å². The number of piperidine rings is 1. The van der Waals surface area contributed by atoms with Crippen LogP contribution in [0.1, 0.15) is 12.8 Å². The second kappa shape index (κ2) is 6.44. The number of amides is 3. The number of hydrogen-bond donors (Lipinski definition) is 2. The van der Waals surface area contributed by atoms with Gasteiger partial charge in [0.1, 0.15) is 0 Å². The lowest BCUT2D eigenvalue weighted by molar-refractivity contribution is -0.119. The smallest absolute Gasteiger partial charge is 0.319 e. The lowest BCUT2D eigenvalue weighted by atomic mass is 10.1. The van der Waals surface area contributed by atoms with Crippen molar-refractivity contribution in [3.05, 3.63) is 0 Å². The van der Waals surface area contributed by atoms with Gasteiger partial charge in [-0.15, -0.1) is 0 Å². The summed E-state index contributed by atoms with van der Waals surface area (Å²) in [4.78, 5) is 26.2. The first-order valence-electron chi connectivity index (χ1n) is 5.94. The highest BCUT2D eigenvalue weighted by atomic mass is 16.2. The first-order valence-corrected chi connectivity index (χ1v) is 5.94. The Morgan fingerprint density at radius 3 is 2.35 bits per heavy atom. The summed E-state index contributed by atoms with van der Waals surface area (Å²) in [6.45, 7) is 1.85. The number of carbonyl (C=O) groups is 2. The Bertz CT molecular complexity index is 273. The van der Waals surface area contributed by atoms with Crippen molar-refractivity contribution in [2.24, 2.45) is 0 Å². The third kappa shape index (κ3) is 4.22. The molecule has 2 N–H and O–H groups in total. The van der Waals surface area contributed by atoms with Crippen molar-refractivity contribution in [3.8, 4) is 0 Å². The average molecular weight is 242 g/mol. The topological polar surface area (TPSA) is 64.7 Å². The molecule has 0 spiro atoms. The van der Waals surface area contributed by atoms with E-state index in [-0.39, 0.29) is 11.9 Å². The molecule has 1 heterocycles. The standard InChI is InChI=1S/C11H22N4O2/c1-12-10(16)8-13-9-4-6-15(7-5-9)11(17)14(2)3/h9,13H,4-8H2,1-3H3,(H,12,16). The van der Waals surface area contributed by atoms with Crippen LogP contribution in [0, 0.1) is 0 Å². The molecule has 6 heteroatoms. The number of urea groups is 1. The van der Waals surface area contributed by atoms with Crippen LogP contribution < -0.4 is 10.6 Å². The number of nitrogens with one attached hydrogen (secondary N) is 2. The molecule has 0 aromatic rings. The van der Waals surface area contributed by atoms with Gasteiger partial charge in [-0.2, -0.15) is 0 Å². The maximum absolute atomic E-state index is 11.7. The molecule has 0 unspecified atom stereocenters. The molecule has 1 aliphatic heterocycles. The molecule has 98 valence electrons. The lowest BCUT2D eigenvalue weighted by Crippen LogP contribution is -2.49. The number of likely N-dealkylation sites (tertiary alicyclic amines) is 1. The normalized spacial score (nSPS) is 16.8. The van der Waals surface area contributed by atoms with E-state index in [1.54, 1.807) is 26.0 Å². The summed E-state index contributed by atoms with van der Waals surface area (Å²) >= 11 is 0. The summed E-state index contributed by atoms with van der Waals surface area (Å²) in [6.07, 6.45) is 1.80. The van der Waals surface area contributed by atoms with Crippen molar-refractivity contribution < 1.29 is 9.59 Å². The second-order valence-corrected chi connectivity index (χ2v) is 4.49. The molecule has 6 nitrogen and oxygen atoms in total. The highest BCUT2D eigenvalue weighted by molar-refractivity contribution is 5.77. The third-order valence-electron chi connectivity index (χ3n) is 2.98. The van der Waals surface area contributed by atoms with Crippen molar-refractivity contribution >= 4 is 11.9 Å². The molecule has 17 heavy (non-hydrogen) atoms. The molecule has 0 aromatic heterocycles. The molecule has 1 saturated heterocycles. The van der Waals surface area contributed by atoms with Crippen LogP contribution >= 0.6 is 0 Å². The second-order valence-electron chi connectivity index (χ2n) is 4.49. The number of likely N-dealkylation sites (N-methyl/N-ethyl adjacent to an activating group) is 1. The first-order chi connectivity index (χ1) is 8.04. The number of nitrogens with zero attached hydrogens (tertiary/aromatic N) is 2. The van der Waals surface area contributed by atoms with E-state index in [0.717, 1.165) is 25.9 Å². The molecule has 0 atom stereocenters. The SMILES string of the molecule is CNC(=O)CNC1CCN(C(=O)N(C)C)CC1. The Morgan fingerprint density at radius 2 is 1.88 bits per heavy atom. The van der Waals surface area contributed by atoms with Gasteiger partial charge in [-0.05, 0) is 12.8 Å². The van der Waals surface area contributed by atoms with Crippen LogP contribution in [-0.4, -0.2) is 68.6 Å². The lowest BCUT2D eigenvalue weighted by Gasteiger charge is -2.33. The third-order valence-corrected chi connectivity index (χ3v) is 2.98. The molecule has 0 radical (unpaired) electrons. The van der Waals surface area contributed by atoms with E-state index in [2.05, 4.69) is 10.6 Å². The number of hydrogen-bond acceptors (Lipinski definition) is 3. The van der Waals surface area contributed by atoms with Gasteiger partial charge in [0.25, 0.3) is 0 Å². The van der Waals surface area contributed by atoms with E-state index in [1.165, 1.54) is 0 Å². The molecule has 0 saturated carbocycles. The maximum Gasteiger partial charge on any atom is 0.319 e. The van der Waals surface area contributed by atoms with E-state index in [0.29, 0.717) is 12.6 Å². The first kappa shape index (κ1) is 13.8. The van der Waals surface area contributed by atoms with Crippen molar-refractivity contribution in [1.82, 2.24) is 20.4 Å².